The summed E-state index contributed by atoms with van der Waals surface area (Å²) in [4.78, 5) is 2.62. The molecule has 1 saturated heterocycles. The first kappa shape index (κ1) is 14.3. The van der Waals surface area contributed by atoms with Crippen molar-refractivity contribution in [3.05, 3.63) is 0 Å². The van der Waals surface area contributed by atoms with Gasteiger partial charge in [0.05, 0.1) is 0 Å². The molecule has 16 heavy (non-hydrogen) atoms. The van der Waals surface area contributed by atoms with Gasteiger partial charge in [0, 0.05) is 36.7 Å². The van der Waals surface area contributed by atoms with Gasteiger partial charge in [0.1, 0.15) is 0 Å². The van der Waals surface area contributed by atoms with Gasteiger partial charge in [-0.05, 0) is 32.7 Å². The quantitative estimate of drug-likeness (QED) is 0.772. The molecule has 1 aliphatic heterocycles. The molecule has 0 amide bonds. The van der Waals surface area contributed by atoms with Crippen LogP contribution in [0.2, 0.25) is 0 Å². The Balaban J connectivity index is 2.25. The molecule has 96 valence electrons. The van der Waals surface area contributed by atoms with E-state index in [1.54, 1.807) is 0 Å². The fourth-order valence-electron chi connectivity index (χ4n) is 2.16. The maximum atomic E-state index is 3.62. The largest absolute Gasteiger partial charge is 0.312 e. The van der Waals surface area contributed by atoms with E-state index in [0.29, 0.717) is 6.04 Å². The van der Waals surface area contributed by atoms with E-state index in [-0.39, 0.29) is 0 Å². The Bertz CT molecular complexity index is 177. The van der Waals surface area contributed by atoms with E-state index in [4.69, 9.17) is 0 Å². The van der Waals surface area contributed by atoms with Crippen LogP contribution in [0.3, 0.4) is 0 Å². The molecule has 0 spiro atoms. The molecule has 0 aromatic rings. The lowest BCUT2D eigenvalue weighted by Crippen LogP contribution is -2.42. The molecule has 1 heterocycles. The maximum Gasteiger partial charge on any atom is 0.0170 e. The first-order valence-electron chi connectivity index (χ1n) is 6.64. The molecule has 0 aliphatic carbocycles. The topological polar surface area (TPSA) is 15.3 Å². The minimum atomic E-state index is 0.679. The molecular formula is C13H28N2S. The van der Waals surface area contributed by atoms with Gasteiger partial charge < -0.3 is 10.2 Å². The second-order valence-electron chi connectivity index (χ2n) is 5.50. The highest BCUT2D eigenvalue weighted by atomic mass is 32.2. The summed E-state index contributed by atoms with van der Waals surface area (Å²) in [5.74, 6) is 3.36. The van der Waals surface area contributed by atoms with Crippen molar-refractivity contribution < 1.29 is 0 Å². The summed E-state index contributed by atoms with van der Waals surface area (Å²) in [6.45, 7) is 12.9. The molecule has 1 fully saturated rings. The Morgan fingerprint density at radius 1 is 1.31 bits per heavy atom. The third kappa shape index (κ3) is 5.55. The SMILES string of the molecule is CC(C)CN(CCC1CSCCN1)C(C)C. The molecule has 2 nitrogen and oxygen atoms in total. The first-order chi connectivity index (χ1) is 7.59. The van der Waals surface area contributed by atoms with Gasteiger partial charge in [-0.2, -0.15) is 11.8 Å². The molecular weight excluding hydrogens is 216 g/mol. The fraction of sp³-hybridized carbons (Fsp3) is 1.00. The number of hydrogen-bond donors (Lipinski definition) is 1. The number of rotatable bonds is 6. The average Bonchev–Trinajstić information content (AvgIpc) is 2.25. The second-order valence-corrected chi connectivity index (χ2v) is 6.65. The third-order valence-corrected chi connectivity index (χ3v) is 4.22. The van der Waals surface area contributed by atoms with Crippen LogP contribution in [0.25, 0.3) is 0 Å². The lowest BCUT2D eigenvalue weighted by molar-refractivity contribution is 0.189. The highest BCUT2D eigenvalue weighted by Gasteiger charge is 2.16. The van der Waals surface area contributed by atoms with Crippen molar-refractivity contribution in [1.29, 1.82) is 0 Å². The maximum absolute atomic E-state index is 3.62. The molecule has 3 heteroatoms. The molecule has 0 aromatic heterocycles. The van der Waals surface area contributed by atoms with Crippen molar-refractivity contribution in [3.8, 4) is 0 Å². The summed E-state index contributed by atoms with van der Waals surface area (Å²) < 4.78 is 0. The molecule has 1 unspecified atom stereocenters. The fourth-order valence-corrected chi connectivity index (χ4v) is 3.15. The van der Waals surface area contributed by atoms with Gasteiger partial charge >= 0.3 is 0 Å². The van der Waals surface area contributed by atoms with E-state index in [1.807, 2.05) is 0 Å². The lowest BCUT2D eigenvalue weighted by Gasteiger charge is -2.31. The molecule has 0 saturated carbocycles. The van der Waals surface area contributed by atoms with Crippen LogP contribution in [0.5, 0.6) is 0 Å². The Hall–Kier alpha value is 0.270. The van der Waals surface area contributed by atoms with E-state index in [9.17, 15) is 0 Å². The lowest BCUT2D eigenvalue weighted by atomic mass is 10.1. The molecule has 1 N–H and O–H groups in total. The van der Waals surface area contributed by atoms with Crippen molar-refractivity contribution >= 4 is 11.8 Å². The van der Waals surface area contributed by atoms with Crippen LogP contribution < -0.4 is 5.32 Å². The first-order valence-corrected chi connectivity index (χ1v) is 7.80. The minimum Gasteiger partial charge on any atom is -0.312 e. The van der Waals surface area contributed by atoms with Crippen LogP contribution in [0.15, 0.2) is 0 Å². The van der Waals surface area contributed by atoms with Crippen LogP contribution in [0.1, 0.15) is 34.1 Å². The standard InChI is InChI=1S/C13H28N2S/c1-11(2)9-15(12(3)4)7-5-13-10-16-8-6-14-13/h11-14H,5-10H2,1-4H3. The van der Waals surface area contributed by atoms with Gasteiger partial charge in [0.25, 0.3) is 0 Å². The summed E-state index contributed by atoms with van der Waals surface area (Å²) in [6, 6.07) is 1.42. The summed E-state index contributed by atoms with van der Waals surface area (Å²) in [5.41, 5.74) is 0. The van der Waals surface area contributed by atoms with Gasteiger partial charge in [-0.1, -0.05) is 13.8 Å². The minimum absolute atomic E-state index is 0.679. The zero-order valence-corrected chi connectivity index (χ0v) is 12.1. The van der Waals surface area contributed by atoms with E-state index < -0.39 is 0 Å². The van der Waals surface area contributed by atoms with E-state index in [1.165, 1.54) is 37.6 Å². The highest BCUT2D eigenvalue weighted by molar-refractivity contribution is 7.99. The van der Waals surface area contributed by atoms with Crippen molar-refractivity contribution in [2.24, 2.45) is 5.92 Å². The predicted octanol–water partition coefficient (Wildman–Crippen LogP) is 2.45. The molecule has 1 rings (SSSR count). The Kier molecular flexibility index (Phi) is 6.78. The van der Waals surface area contributed by atoms with Crippen LogP contribution in [-0.2, 0) is 0 Å². The van der Waals surface area contributed by atoms with Crippen molar-refractivity contribution in [2.75, 3.05) is 31.1 Å². The molecule has 0 radical (unpaired) electrons. The van der Waals surface area contributed by atoms with Gasteiger partial charge in [-0.25, -0.2) is 0 Å². The van der Waals surface area contributed by atoms with Gasteiger partial charge in [-0.3, -0.25) is 0 Å². The Morgan fingerprint density at radius 3 is 2.56 bits per heavy atom. The average molecular weight is 244 g/mol. The molecule has 0 bridgehead atoms. The molecule has 0 aromatic carbocycles. The summed E-state index contributed by atoms with van der Waals surface area (Å²) in [6.07, 6.45) is 1.30. The van der Waals surface area contributed by atoms with E-state index >= 15 is 0 Å². The smallest absolute Gasteiger partial charge is 0.0170 e. The summed E-state index contributed by atoms with van der Waals surface area (Å²) in [5, 5.41) is 3.62. The van der Waals surface area contributed by atoms with Gasteiger partial charge in [0.2, 0.25) is 0 Å². The van der Waals surface area contributed by atoms with Gasteiger partial charge in [-0.15, -0.1) is 0 Å². The number of nitrogens with one attached hydrogen (secondary N) is 1. The zero-order valence-electron chi connectivity index (χ0n) is 11.3. The van der Waals surface area contributed by atoms with Crippen molar-refractivity contribution in [2.45, 2.75) is 46.2 Å². The zero-order chi connectivity index (χ0) is 12.0. The second kappa shape index (κ2) is 7.57. The van der Waals surface area contributed by atoms with Crippen molar-refractivity contribution in [3.63, 3.8) is 0 Å². The van der Waals surface area contributed by atoms with Crippen LogP contribution in [0.4, 0.5) is 0 Å². The normalized spacial score (nSPS) is 22.3. The predicted molar refractivity (Wildman–Crippen MR) is 75.3 cm³/mol. The molecule has 1 atom stereocenters. The van der Waals surface area contributed by atoms with E-state index in [0.717, 1.165) is 12.0 Å². The van der Waals surface area contributed by atoms with E-state index in [2.05, 4.69) is 49.7 Å². The Morgan fingerprint density at radius 2 is 2.06 bits per heavy atom. The number of thioether (sulfide) groups is 1. The highest BCUT2D eigenvalue weighted by Crippen LogP contribution is 2.12. The number of hydrogen-bond acceptors (Lipinski definition) is 3. The van der Waals surface area contributed by atoms with Crippen LogP contribution in [-0.4, -0.2) is 48.1 Å². The van der Waals surface area contributed by atoms with Crippen molar-refractivity contribution in [1.82, 2.24) is 10.2 Å². The summed E-state index contributed by atoms with van der Waals surface area (Å²) >= 11 is 2.10. The van der Waals surface area contributed by atoms with Crippen LogP contribution >= 0.6 is 11.8 Å². The number of nitrogens with zero attached hydrogens (tertiary/aromatic N) is 1. The third-order valence-electron chi connectivity index (χ3n) is 3.09. The van der Waals surface area contributed by atoms with Gasteiger partial charge in [0.15, 0.2) is 0 Å². The summed E-state index contributed by atoms with van der Waals surface area (Å²) in [7, 11) is 0. The molecule has 1 aliphatic rings. The Labute approximate surface area is 106 Å². The monoisotopic (exact) mass is 244 g/mol. The van der Waals surface area contributed by atoms with Crippen LogP contribution in [0, 0.1) is 5.92 Å².